The van der Waals surface area contributed by atoms with E-state index in [0.29, 0.717) is 13.2 Å². The second-order valence-electron chi connectivity index (χ2n) is 3.93. The first-order valence-corrected chi connectivity index (χ1v) is 6.61. The van der Waals surface area contributed by atoms with Crippen molar-refractivity contribution in [3.8, 4) is 16.2 Å². The van der Waals surface area contributed by atoms with E-state index in [4.69, 9.17) is 10.5 Å². The molecule has 0 saturated heterocycles. The highest BCUT2D eigenvalue weighted by Crippen LogP contribution is 2.28. The number of benzene rings is 1. The van der Waals surface area contributed by atoms with Crippen molar-refractivity contribution < 1.29 is 4.74 Å². The molecule has 90 valence electrons. The number of nitrogens with two attached hydrogens (primary N) is 1. The summed E-state index contributed by atoms with van der Waals surface area (Å²) >= 11 is 1.81. The van der Waals surface area contributed by atoms with E-state index in [-0.39, 0.29) is 0 Å². The lowest BCUT2D eigenvalue weighted by Crippen LogP contribution is -2.05. The molecule has 0 fully saturated rings. The standard InChI is InChI=1S/C14H17NOS/c1-11-3-8-14(17-11)12-4-6-13(7-5-12)16-10-2-9-15/h3-8H,2,9-10,15H2,1H3. The first-order valence-electron chi connectivity index (χ1n) is 5.79. The molecule has 0 spiro atoms. The van der Waals surface area contributed by atoms with Crippen LogP contribution in [0.3, 0.4) is 0 Å². The summed E-state index contributed by atoms with van der Waals surface area (Å²) in [5, 5.41) is 0. The van der Waals surface area contributed by atoms with Gasteiger partial charge < -0.3 is 10.5 Å². The smallest absolute Gasteiger partial charge is 0.119 e. The first kappa shape index (κ1) is 12.1. The van der Waals surface area contributed by atoms with Gasteiger partial charge in [-0.2, -0.15) is 0 Å². The lowest BCUT2D eigenvalue weighted by atomic mass is 10.2. The largest absolute Gasteiger partial charge is 0.494 e. The molecule has 0 amide bonds. The van der Waals surface area contributed by atoms with Crippen molar-refractivity contribution in [1.29, 1.82) is 0 Å². The third kappa shape index (κ3) is 3.32. The molecule has 1 aromatic carbocycles. The lowest BCUT2D eigenvalue weighted by molar-refractivity contribution is 0.313. The van der Waals surface area contributed by atoms with Gasteiger partial charge in [0.25, 0.3) is 0 Å². The number of rotatable bonds is 5. The van der Waals surface area contributed by atoms with E-state index in [2.05, 4.69) is 31.2 Å². The summed E-state index contributed by atoms with van der Waals surface area (Å²) in [5.41, 5.74) is 6.66. The second kappa shape index (κ2) is 5.84. The Morgan fingerprint density at radius 3 is 2.47 bits per heavy atom. The Balaban J connectivity index is 2.02. The molecule has 1 aromatic heterocycles. The van der Waals surface area contributed by atoms with Crippen LogP contribution in [0.5, 0.6) is 5.75 Å². The molecule has 0 unspecified atom stereocenters. The molecule has 0 aliphatic rings. The van der Waals surface area contributed by atoms with Crippen LogP contribution in [-0.2, 0) is 0 Å². The zero-order valence-electron chi connectivity index (χ0n) is 9.98. The van der Waals surface area contributed by atoms with Crippen LogP contribution in [0.2, 0.25) is 0 Å². The van der Waals surface area contributed by atoms with Gasteiger partial charge in [0.1, 0.15) is 5.75 Å². The molecular formula is C14H17NOS. The van der Waals surface area contributed by atoms with Crippen molar-refractivity contribution in [3.63, 3.8) is 0 Å². The number of hydrogen-bond donors (Lipinski definition) is 1. The summed E-state index contributed by atoms with van der Waals surface area (Å²) < 4.78 is 5.57. The molecule has 0 saturated carbocycles. The molecule has 2 aromatic rings. The van der Waals surface area contributed by atoms with Gasteiger partial charge in [-0.05, 0) is 61.9 Å². The number of ether oxygens (including phenoxy) is 1. The van der Waals surface area contributed by atoms with Crippen molar-refractivity contribution in [2.45, 2.75) is 13.3 Å². The van der Waals surface area contributed by atoms with Crippen LogP contribution in [0, 0.1) is 6.92 Å². The topological polar surface area (TPSA) is 35.2 Å². The quantitative estimate of drug-likeness (QED) is 0.821. The van der Waals surface area contributed by atoms with Gasteiger partial charge in [0.05, 0.1) is 6.61 Å². The predicted octanol–water partition coefficient (Wildman–Crippen LogP) is 3.45. The monoisotopic (exact) mass is 247 g/mol. The van der Waals surface area contributed by atoms with Crippen LogP contribution in [0.15, 0.2) is 36.4 Å². The maximum absolute atomic E-state index is 5.57. The number of aryl methyl sites for hydroxylation is 1. The Morgan fingerprint density at radius 1 is 1.12 bits per heavy atom. The number of hydrogen-bond acceptors (Lipinski definition) is 3. The van der Waals surface area contributed by atoms with Crippen molar-refractivity contribution in [2.24, 2.45) is 5.73 Å². The Hall–Kier alpha value is -1.32. The predicted molar refractivity (Wildman–Crippen MR) is 73.7 cm³/mol. The fourth-order valence-corrected chi connectivity index (χ4v) is 2.45. The van der Waals surface area contributed by atoms with Crippen molar-refractivity contribution in [2.75, 3.05) is 13.2 Å². The third-order valence-electron chi connectivity index (χ3n) is 2.50. The molecule has 17 heavy (non-hydrogen) atoms. The average Bonchev–Trinajstić information content (AvgIpc) is 2.77. The van der Waals surface area contributed by atoms with E-state index in [9.17, 15) is 0 Å². The van der Waals surface area contributed by atoms with Gasteiger partial charge in [0.2, 0.25) is 0 Å². The van der Waals surface area contributed by atoms with E-state index < -0.39 is 0 Å². The van der Waals surface area contributed by atoms with E-state index in [0.717, 1.165) is 12.2 Å². The van der Waals surface area contributed by atoms with Crippen LogP contribution >= 0.6 is 11.3 Å². The molecule has 0 atom stereocenters. The van der Waals surface area contributed by atoms with Crippen LogP contribution in [0.4, 0.5) is 0 Å². The highest BCUT2D eigenvalue weighted by Gasteiger charge is 2.01. The fourth-order valence-electron chi connectivity index (χ4n) is 1.58. The lowest BCUT2D eigenvalue weighted by Gasteiger charge is -2.05. The maximum atomic E-state index is 5.57. The molecule has 2 nitrogen and oxygen atoms in total. The van der Waals surface area contributed by atoms with E-state index in [1.807, 2.05) is 23.5 Å². The molecule has 0 bridgehead atoms. The fraction of sp³-hybridized carbons (Fsp3) is 0.286. The van der Waals surface area contributed by atoms with Gasteiger partial charge in [0, 0.05) is 9.75 Å². The Labute approximate surface area is 106 Å². The SMILES string of the molecule is Cc1ccc(-c2ccc(OCCCN)cc2)s1. The third-order valence-corrected chi connectivity index (χ3v) is 3.55. The Bertz CT molecular complexity index is 461. The maximum Gasteiger partial charge on any atom is 0.119 e. The van der Waals surface area contributed by atoms with E-state index >= 15 is 0 Å². The van der Waals surface area contributed by atoms with Crippen LogP contribution < -0.4 is 10.5 Å². The van der Waals surface area contributed by atoms with Gasteiger partial charge >= 0.3 is 0 Å². The van der Waals surface area contributed by atoms with Crippen LogP contribution in [0.25, 0.3) is 10.4 Å². The minimum absolute atomic E-state index is 0.673. The van der Waals surface area contributed by atoms with Crippen molar-refractivity contribution in [1.82, 2.24) is 0 Å². The van der Waals surface area contributed by atoms with Gasteiger partial charge in [-0.1, -0.05) is 0 Å². The summed E-state index contributed by atoms with van der Waals surface area (Å²) in [6.45, 7) is 3.49. The molecule has 2 rings (SSSR count). The van der Waals surface area contributed by atoms with Crippen molar-refractivity contribution >= 4 is 11.3 Å². The normalized spacial score (nSPS) is 10.5. The van der Waals surface area contributed by atoms with E-state index in [1.165, 1.54) is 15.3 Å². The molecule has 0 radical (unpaired) electrons. The van der Waals surface area contributed by atoms with E-state index in [1.54, 1.807) is 0 Å². The van der Waals surface area contributed by atoms with Gasteiger partial charge in [-0.25, -0.2) is 0 Å². The number of thiophene rings is 1. The zero-order valence-corrected chi connectivity index (χ0v) is 10.8. The molecule has 3 heteroatoms. The van der Waals surface area contributed by atoms with Gasteiger partial charge in [0.15, 0.2) is 0 Å². The van der Waals surface area contributed by atoms with Gasteiger partial charge in [-0.3, -0.25) is 0 Å². The highest BCUT2D eigenvalue weighted by atomic mass is 32.1. The molecule has 1 heterocycles. The summed E-state index contributed by atoms with van der Waals surface area (Å²) in [4.78, 5) is 2.64. The summed E-state index contributed by atoms with van der Waals surface area (Å²) in [5.74, 6) is 0.912. The highest BCUT2D eigenvalue weighted by molar-refractivity contribution is 7.15. The summed E-state index contributed by atoms with van der Waals surface area (Å²) in [6, 6.07) is 12.5. The minimum atomic E-state index is 0.673. The molecule has 0 aliphatic carbocycles. The molecule has 2 N–H and O–H groups in total. The molecule has 0 aliphatic heterocycles. The van der Waals surface area contributed by atoms with Crippen LogP contribution in [-0.4, -0.2) is 13.2 Å². The van der Waals surface area contributed by atoms with Crippen LogP contribution in [0.1, 0.15) is 11.3 Å². The summed E-state index contributed by atoms with van der Waals surface area (Å²) in [7, 11) is 0. The summed E-state index contributed by atoms with van der Waals surface area (Å²) in [6.07, 6.45) is 0.895. The van der Waals surface area contributed by atoms with Gasteiger partial charge in [-0.15, -0.1) is 11.3 Å². The zero-order chi connectivity index (χ0) is 12.1. The average molecular weight is 247 g/mol. The Kier molecular flexibility index (Phi) is 4.18. The first-order chi connectivity index (χ1) is 8.29. The minimum Gasteiger partial charge on any atom is -0.494 e. The second-order valence-corrected chi connectivity index (χ2v) is 5.21. The Morgan fingerprint density at radius 2 is 1.88 bits per heavy atom. The molecular weight excluding hydrogens is 230 g/mol. The van der Waals surface area contributed by atoms with Crippen molar-refractivity contribution in [3.05, 3.63) is 41.3 Å².